The second-order valence-corrected chi connectivity index (χ2v) is 4.30. The fourth-order valence-electron chi connectivity index (χ4n) is 2.39. The van der Waals surface area contributed by atoms with E-state index in [4.69, 9.17) is 5.73 Å². The van der Waals surface area contributed by atoms with Crippen LogP contribution in [-0.4, -0.2) is 6.54 Å². The molecule has 3 heteroatoms. The van der Waals surface area contributed by atoms with Gasteiger partial charge in [-0.1, -0.05) is 12.5 Å². The van der Waals surface area contributed by atoms with Crippen LogP contribution in [0.25, 0.3) is 0 Å². The van der Waals surface area contributed by atoms with Gasteiger partial charge in [0.1, 0.15) is 0 Å². The summed E-state index contributed by atoms with van der Waals surface area (Å²) < 4.78 is 25.9. The molecule has 0 spiro atoms. The van der Waals surface area contributed by atoms with E-state index in [1.54, 1.807) is 6.07 Å². The lowest BCUT2D eigenvalue weighted by atomic mass is 9.62. The van der Waals surface area contributed by atoms with Gasteiger partial charge >= 0.3 is 0 Å². The third kappa shape index (κ3) is 1.76. The van der Waals surface area contributed by atoms with Gasteiger partial charge in [0.25, 0.3) is 0 Å². The molecule has 0 bridgehead atoms. The Morgan fingerprint density at radius 1 is 1.20 bits per heavy atom. The van der Waals surface area contributed by atoms with Gasteiger partial charge in [-0.15, -0.1) is 0 Å². The van der Waals surface area contributed by atoms with Gasteiger partial charge in [-0.2, -0.15) is 0 Å². The first kappa shape index (κ1) is 10.6. The Bertz CT molecular complexity index is 359. The standard InChI is InChI=1S/C12H15F2N/c13-10-3-2-9(8-11(10)14)12(6-7-15)4-1-5-12/h2-3,8H,1,4-7,15H2. The minimum absolute atomic E-state index is 0.0172. The van der Waals surface area contributed by atoms with E-state index in [1.165, 1.54) is 12.1 Å². The highest BCUT2D eigenvalue weighted by molar-refractivity contribution is 5.29. The van der Waals surface area contributed by atoms with Gasteiger partial charge in [0.05, 0.1) is 0 Å². The second kappa shape index (κ2) is 3.89. The molecule has 2 N–H and O–H groups in total. The van der Waals surface area contributed by atoms with Crippen molar-refractivity contribution in [2.75, 3.05) is 6.54 Å². The van der Waals surface area contributed by atoms with Crippen molar-refractivity contribution in [3.05, 3.63) is 35.4 Å². The minimum Gasteiger partial charge on any atom is -0.330 e. The van der Waals surface area contributed by atoms with Crippen LogP contribution in [0.15, 0.2) is 18.2 Å². The van der Waals surface area contributed by atoms with E-state index in [9.17, 15) is 8.78 Å². The largest absolute Gasteiger partial charge is 0.330 e. The molecular formula is C12H15F2N. The maximum atomic E-state index is 13.1. The van der Waals surface area contributed by atoms with E-state index >= 15 is 0 Å². The molecule has 1 aromatic rings. The lowest BCUT2D eigenvalue weighted by Gasteiger charge is -2.42. The summed E-state index contributed by atoms with van der Waals surface area (Å²) in [5.74, 6) is -1.53. The molecule has 1 nitrogen and oxygen atoms in total. The SMILES string of the molecule is NCCC1(c2ccc(F)c(F)c2)CCC1. The molecule has 0 radical (unpaired) electrons. The summed E-state index contributed by atoms with van der Waals surface area (Å²) in [6, 6.07) is 4.22. The second-order valence-electron chi connectivity index (χ2n) is 4.30. The van der Waals surface area contributed by atoms with Crippen LogP contribution in [0.3, 0.4) is 0 Å². The van der Waals surface area contributed by atoms with Gasteiger partial charge in [-0.3, -0.25) is 0 Å². The summed E-state index contributed by atoms with van der Waals surface area (Å²) in [5, 5.41) is 0. The lowest BCUT2D eigenvalue weighted by molar-refractivity contribution is 0.228. The zero-order valence-corrected chi connectivity index (χ0v) is 8.60. The zero-order chi connectivity index (χ0) is 10.9. The molecule has 0 saturated heterocycles. The number of nitrogens with two attached hydrogens (primary N) is 1. The quantitative estimate of drug-likeness (QED) is 0.817. The Kier molecular flexibility index (Phi) is 2.74. The fourth-order valence-corrected chi connectivity index (χ4v) is 2.39. The van der Waals surface area contributed by atoms with E-state index in [1.807, 2.05) is 0 Å². The first-order valence-corrected chi connectivity index (χ1v) is 5.33. The number of benzene rings is 1. The van der Waals surface area contributed by atoms with Crippen molar-refractivity contribution >= 4 is 0 Å². The summed E-state index contributed by atoms with van der Waals surface area (Å²) in [6.45, 7) is 0.596. The molecule has 1 aliphatic carbocycles. The van der Waals surface area contributed by atoms with E-state index in [-0.39, 0.29) is 5.41 Å². The van der Waals surface area contributed by atoms with Crippen molar-refractivity contribution in [3.8, 4) is 0 Å². The van der Waals surface area contributed by atoms with Crippen molar-refractivity contribution in [2.45, 2.75) is 31.1 Å². The highest BCUT2D eigenvalue weighted by Gasteiger charge is 2.38. The van der Waals surface area contributed by atoms with Gasteiger partial charge in [0.15, 0.2) is 11.6 Å². The Hall–Kier alpha value is -0.960. The average Bonchev–Trinajstić information content (AvgIpc) is 2.16. The van der Waals surface area contributed by atoms with Crippen molar-refractivity contribution < 1.29 is 8.78 Å². The number of hydrogen-bond acceptors (Lipinski definition) is 1. The summed E-state index contributed by atoms with van der Waals surface area (Å²) in [4.78, 5) is 0. The molecule has 0 aromatic heterocycles. The topological polar surface area (TPSA) is 26.0 Å². The number of rotatable bonds is 3. The van der Waals surface area contributed by atoms with Crippen molar-refractivity contribution in [1.82, 2.24) is 0 Å². The van der Waals surface area contributed by atoms with Gasteiger partial charge < -0.3 is 5.73 Å². The van der Waals surface area contributed by atoms with Gasteiger partial charge in [0.2, 0.25) is 0 Å². The molecule has 1 aliphatic rings. The third-order valence-electron chi connectivity index (χ3n) is 3.47. The molecule has 1 fully saturated rings. The van der Waals surface area contributed by atoms with E-state index in [2.05, 4.69) is 0 Å². The van der Waals surface area contributed by atoms with Crippen molar-refractivity contribution in [1.29, 1.82) is 0 Å². The van der Waals surface area contributed by atoms with E-state index in [0.29, 0.717) is 6.54 Å². The zero-order valence-electron chi connectivity index (χ0n) is 8.60. The van der Waals surface area contributed by atoms with Crippen LogP contribution >= 0.6 is 0 Å². The van der Waals surface area contributed by atoms with Crippen LogP contribution in [0.1, 0.15) is 31.2 Å². The molecule has 0 unspecified atom stereocenters. The van der Waals surface area contributed by atoms with Crippen molar-refractivity contribution in [3.63, 3.8) is 0 Å². The Balaban J connectivity index is 2.30. The molecule has 0 heterocycles. The Morgan fingerprint density at radius 3 is 2.40 bits per heavy atom. The first-order valence-electron chi connectivity index (χ1n) is 5.33. The van der Waals surface area contributed by atoms with Crippen LogP contribution in [0.2, 0.25) is 0 Å². The van der Waals surface area contributed by atoms with Crippen LogP contribution in [0.4, 0.5) is 8.78 Å². The van der Waals surface area contributed by atoms with Gasteiger partial charge in [0, 0.05) is 0 Å². The molecule has 1 saturated carbocycles. The predicted octanol–water partition coefficient (Wildman–Crippen LogP) is 2.74. The minimum atomic E-state index is -0.777. The smallest absolute Gasteiger partial charge is 0.159 e. The molecule has 82 valence electrons. The molecule has 0 amide bonds. The highest BCUT2D eigenvalue weighted by atomic mass is 19.2. The van der Waals surface area contributed by atoms with Crippen LogP contribution in [-0.2, 0) is 5.41 Å². The van der Waals surface area contributed by atoms with Crippen LogP contribution < -0.4 is 5.73 Å². The Labute approximate surface area is 88.3 Å². The normalized spacial score (nSPS) is 18.6. The van der Waals surface area contributed by atoms with Gasteiger partial charge in [-0.05, 0) is 48.9 Å². The average molecular weight is 211 g/mol. The van der Waals surface area contributed by atoms with Crippen LogP contribution in [0.5, 0.6) is 0 Å². The molecular weight excluding hydrogens is 196 g/mol. The van der Waals surface area contributed by atoms with Crippen LogP contribution in [0, 0.1) is 11.6 Å². The molecule has 0 atom stereocenters. The lowest BCUT2D eigenvalue weighted by Crippen LogP contribution is -2.36. The number of hydrogen-bond donors (Lipinski definition) is 1. The molecule has 2 rings (SSSR count). The summed E-state index contributed by atoms with van der Waals surface area (Å²) >= 11 is 0. The molecule has 0 aliphatic heterocycles. The van der Waals surface area contributed by atoms with E-state index in [0.717, 1.165) is 31.2 Å². The first-order chi connectivity index (χ1) is 7.18. The fraction of sp³-hybridized carbons (Fsp3) is 0.500. The summed E-state index contributed by atoms with van der Waals surface area (Å²) in [7, 11) is 0. The summed E-state index contributed by atoms with van der Waals surface area (Å²) in [6.07, 6.45) is 4.08. The van der Waals surface area contributed by atoms with Crippen molar-refractivity contribution in [2.24, 2.45) is 5.73 Å². The van der Waals surface area contributed by atoms with E-state index < -0.39 is 11.6 Å². The maximum Gasteiger partial charge on any atom is 0.159 e. The summed E-state index contributed by atoms with van der Waals surface area (Å²) in [5.41, 5.74) is 6.48. The molecule has 15 heavy (non-hydrogen) atoms. The predicted molar refractivity (Wildman–Crippen MR) is 55.6 cm³/mol. The third-order valence-corrected chi connectivity index (χ3v) is 3.47. The highest BCUT2D eigenvalue weighted by Crippen LogP contribution is 2.46. The number of halogens is 2. The van der Waals surface area contributed by atoms with Gasteiger partial charge in [-0.25, -0.2) is 8.78 Å². The molecule has 1 aromatic carbocycles. The maximum absolute atomic E-state index is 13.1. The Morgan fingerprint density at radius 2 is 1.93 bits per heavy atom. The monoisotopic (exact) mass is 211 g/mol.